The summed E-state index contributed by atoms with van der Waals surface area (Å²) in [6.07, 6.45) is 4.44. The number of fused-ring (bicyclic) bond motifs is 1. The molecule has 4 rings (SSSR count). The SMILES string of the molecule is O=C(Nc1ccccc1Cl)N1CC[C@H]2CN(Cc3ccncc3)S(=O)(=O)[C@@H]2CC1. The number of halogens is 1. The minimum Gasteiger partial charge on any atom is -0.324 e. The van der Waals surface area contributed by atoms with E-state index >= 15 is 0 Å². The number of carbonyl (C=O) groups is 1. The zero-order valence-corrected chi connectivity index (χ0v) is 17.4. The van der Waals surface area contributed by atoms with Gasteiger partial charge in [0.1, 0.15) is 0 Å². The Morgan fingerprint density at radius 3 is 2.62 bits per heavy atom. The van der Waals surface area contributed by atoms with Gasteiger partial charge in [0.05, 0.1) is 16.0 Å². The molecule has 2 aliphatic rings. The molecule has 0 aliphatic carbocycles. The normalized spacial score (nSPS) is 24.0. The van der Waals surface area contributed by atoms with Crippen molar-refractivity contribution in [2.24, 2.45) is 5.92 Å². The van der Waals surface area contributed by atoms with Crippen molar-refractivity contribution in [2.45, 2.75) is 24.6 Å². The molecule has 0 spiro atoms. The van der Waals surface area contributed by atoms with Crippen LogP contribution in [-0.4, -0.2) is 53.5 Å². The van der Waals surface area contributed by atoms with Crippen LogP contribution in [0.1, 0.15) is 18.4 Å². The van der Waals surface area contributed by atoms with Gasteiger partial charge >= 0.3 is 6.03 Å². The van der Waals surface area contributed by atoms with E-state index in [0.29, 0.717) is 49.7 Å². The molecule has 2 aliphatic heterocycles. The van der Waals surface area contributed by atoms with Gasteiger partial charge in [-0.25, -0.2) is 13.2 Å². The van der Waals surface area contributed by atoms with Crippen LogP contribution in [0.15, 0.2) is 48.8 Å². The standard InChI is InChI=1S/C20H23ClN4O3S/c21-17-3-1-2-4-18(17)23-20(26)24-11-7-16-14-25(13-15-5-9-22-10-6-15)29(27,28)19(16)8-12-24/h1-6,9-10,16,19H,7-8,11-14H2,(H,23,26)/t16-,19+/m0/s1. The van der Waals surface area contributed by atoms with Gasteiger partial charge in [-0.3, -0.25) is 4.98 Å². The Balaban J connectivity index is 1.41. The number of para-hydroxylation sites is 1. The number of hydrogen-bond donors (Lipinski definition) is 1. The van der Waals surface area contributed by atoms with E-state index in [1.807, 2.05) is 12.1 Å². The van der Waals surface area contributed by atoms with E-state index < -0.39 is 15.3 Å². The molecule has 154 valence electrons. The monoisotopic (exact) mass is 434 g/mol. The van der Waals surface area contributed by atoms with Gasteiger partial charge in [-0.1, -0.05) is 23.7 Å². The number of hydrogen-bond acceptors (Lipinski definition) is 4. The molecule has 0 radical (unpaired) electrons. The van der Waals surface area contributed by atoms with Crippen LogP contribution in [0.2, 0.25) is 5.02 Å². The maximum Gasteiger partial charge on any atom is 0.321 e. The van der Waals surface area contributed by atoms with Crippen molar-refractivity contribution in [3.05, 3.63) is 59.4 Å². The number of anilines is 1. The Bertz CT molecular complexity index is 986. The number of sulfonamides is 1. The summed E-state index contributed by atoms with van der Waals surface area (Å²) in [5, 5.41) is 2.86. The molecule has 2 aromatic rings. The first-order chi connectivity index (χ1) is 13.9. The van der Waals surface area contributed by atoms with Crippen LogP contribution in [-0.2, 0) is 16.6 Å². The van der Waals surface area contributed by atoms with Crippen LogP contribution in [0.5, 0.6) is 0 Å². The van der Waals surface area contributed by atoms with Crippen molar-refractivity contribution in [1.29, 1.82) is 0 Å². The number of pyridine rings is 1. The van der Waals surface area contributed by atoms with E-state index in [9.17, 15) is 13.2 Å². The average molecular weight is 435 g/mol. The third-order valence-electron chi connectivity index (χ3n) is 5.67. The summed E-state index contributed by atoms with van der Waals surface area (Å²) in [7, 11) is -3.39. The summed E-state index contributed by atoms with van der Waals surface area (Å²) >= 11 is 6.12. The summed E-state index contributed by atoms with van der Waals surface area (Å²) in [5.74, 6) is 0.0277. The van der Waals surface area contributed by atoms with Gasteiger partial charge in [-0.15, -0.1) is 0 Å². The summed E-state index contributed by atoms with van der Waals surface area (Å²) in [4.78, 5) is 18.3. The summed E-state index contributed by atoms with van der Waals surface area (Å²) < 4.78 is 27.7. The maximum atomic E-state index is 13.1. The fraction of sp³-hybridized carbons (Fsp3) is 0.400. The molecule has 2 amide bonds. The van der Waals surface area contributed by atoms with E-state index in [1.54, 1.807) is 45.9 Å². The fourth-order valence-electron chi connectivity index (χ4n) is 4.10. The second-order valence-electron chi connectivity index (χ2n) is 7.47. The van der Waals surface area contributed by atoms with Gasteiger partial charge < -0.3 is 10.2 Å². The highest BCUT2D eigenvalue weighted by Gasteiger charge is 2.47. The summed E-state index contributed by atoms with van der Waals surface area (Å²) in [6.45, 7) is 1.79. The van der Waals surface area contributed by atoms with Gasteiger partial charge in [-0.05, 0) is 48.6 Å². The van der Waals surface area contributed by atoms with Crippen molar-refractivity contribution in [3.8, 4) is 0 Å². The molecular formula is C20H23ClN4O3S. The van der Waals surface area contributed by atoms with Crippen molar-refractivity contribution < 1.29 is 13.2 Å². The summed E-state index contributed by atoms with van der Waals surface area (Å²) in [5.41, 5.74) is 1.49. The minimum absolute atomic E-state index is 0.0277. The molecular weight excluding hydrogens is 412 g/mol. The van der Waals surface area contributed by atoms with E-state index in [-0.39, 0.29) is 11.9 Å². The van der Waals surface area contributed by atoms with Crippen molar-refractivity contribution in [1.82, 2.24) is 14.2 Å². The van der Waals surface area contributed by atoms with Gasteiger partial charge in [0, 0.05) is 38.6 Å². The first kappa shape index (κ1) is 20.1. The minimum atomic E-state index is -3.39. The second kappa shape index (κ2) is 8.30. The average Bonchev–Trinajstić information content (AvgIpc) is 2.85. The molecule has 9 heteroatoms. The number of rotatable bonds is 3. The highest BCUT2D eigenvalue weighted by Crippen LogP contribution is 2.35. The number of nitrogens with one attached hydrogen (secondary N) is 1. The maximum absolute atomic E-state index is 13.1. The molecule has 2 atom stereocenters. The Morgan fingerprint density at radius 2 is 1.86 bits per heavy atom. The highest BCUT2D eigenvalue weighted by molar-refractivity contribution is 7.90. The number of urea groups is 1. The van der Waals surface area contributed by atoms with Gasteiger partial charge in [-0.2, -0.15) is 4.31 Å². The van der Waals surface area contributed by atoms with Gasteiger partial charge in [0.25, 0.3) is 0 Å². The Kier molecular flexibility index (Phi) is 5.76. The third kappa shape index (κ3) is 4.24. The lowest BCUT2D eigenvalue weighted by Gasteiger charge is -2.23. The van der Waals surface area contributed by atoms with Crippen LogP contribution in [0, 0.1) is 5.92 Å². The van der Waals surface area contributed by atoms with E-state index in [2.05, 4.69) is 10.3 Å². The molecule has 2 fully saturated rings. The van der Waals surface area contributed by atoms with Crippen LogP contribution in [0.4, 0.5) is 10.5 Å². The fourth-order valence-corrected chi connectivity index (χ4v) is 6.51. The van der Waals surface area contributed by atoms with E-state index in [1.165, 1.54) is 0 Å². The number of amides is 2. The molecule has 3 heterocycles. The van der Waals surface area contributed by atoms with E-state index in [0.717, 1.165) is 5.56 Å². The Labute approximate surface area is 175 Å². The zero-order chi connectivity index (χ0) is 20.4. The predicted molar refractivity (Wildman–Crippen MR) is 112 cm³/mol. The molecule has 2 saturated heterocycles. The molecule has 0 unspecified atom stereocenters. The first-order valence-corrected chi connectivity index (χ1v) is 11.5. The van der Waals surface area contributed by atoms with Crippen molar-refractivity contribution in [3.63, 3.8) is 0 Å². The quantitative estimate of drug-likeness (QED) is 0.804. The third-order valence-corrected chi connectivity index (χ3v) is 8.38. The first-order valence-electron chi connectivity index (χ1n) is 9.63. The van der Waals surface area contributed by atoms with Crippen molar-refractivity contribution in [2.75, 3.05) is 25.0 Å². The summed E-state index contributed by atoms with van der Waals surface area (Å²) in [6, 6.07) is 10.5. The van der Waals surface area contributed by atoms with E-state index in [4.69, 9.17) is 11.6 Å². The topological polar surface area (TPSA) is 82.6 Å². The number of benzene rings is 1. The van der Waals surface area contributed by atoms with Crippen LogP contribution in [0.3, 0.4) is 0 Å². The van der Waals surface area contributed by atoms with Crippen LogP contribution >= 0.6 is 11.6 Å². The van der Waals surface area contributed by atoms with Crippen LogP contribution < -0.4 is 5.32 Å². The molecule has 1 N–H and O–H groups in total. The van der Waals surface area contributed by atoms with Crippen LogP contribution in [0.25, 0.3) is 0 Å². The largest absolute Gasteiger partial charge is 0.324 e. The molecule has 0 saturated carbocycles. The second-order valence-corrected chi connectivity index (χ2v) is 10.0. The Hall–Kier alpha value is -2.16. The Morgan fingerprint density at radius 1 is 1.14 bits per heavy atom. The molecule has 29 heavy (non-hydrogen) atoms. The number of nitrogens with zero attached hydrogens (tertiary/aromatic N) is 3. The number of aromatic nitrogens is 1. The predicted octanol–water partition coefficient (Wildman–Crippen LogP) is 3.19. The lowest BCUT2D eigenvalue weighted by molar-refractivity contribution is 0.212. The lowest BCUT2D eigenvalue weighted by Crippen LogP contribution is -2.37. The zero-order valence-electron chi connectivity index (χ0n) is 15.9. The molecule has 0 bridgehead atoms. The molecule has 1 aromatic heterocycles. The molecule has 7 nitrogen and oxygen atoms in total. The lowest BCUT2D eigenvalue weighted by atomic mass is 10.0. The van der Waals surface area contributed by atoms with Crippen molar-refractivity contribution >= 4 is 33.3 Å². The smallest absolute Gasteiger partial charge is 0.321 e. The number of likely N-dealkylation sites (tertiary alicyclic amines) is 1. The number of carbonyl (C=O) groups excluding carboxylic acids is 1. The van der Waals surface area contributed by atoms with Gasteiger partial charge in [0.2, 0.25) is 10.0 Å². The molecule has 1 aromatic carbocycles. The highest BCUT2D eigenvalue weighted by atomic mass is 35.5. The van der Waals surface area contributed by atoms with Gasteiger partial charge in [0.15, 0.2) is 0 Å².